The van der Waals surface area contributed by atoms with Crippen molar-refractivity contribution in [2.24, 2.45) is 0 Å². The first kappa shape index (κ1) is 11.9. The van der Waals surface area contributed by atoms with E-state index in [1.54, 1.807) is 24.3 Å². The summed E-state index contributed by atoms with van der Waals surface area (Å²) in [5, 5.41) is 10.4. The second-order valence-electron chi connectivity index (χ2n) is 3.51. The lowest BCUT2D eigenvalue weighted by Crippen LogP contribution is -2.00. The molecule has 0 aliphatic heterocycles. The highest BCUT2D eigenvalue weighted by molar-refractivity contribution is 6.30. The third-order valence-electron chi connectivity index (χ3n) is 2.38. The van der Waals surface area contributed by atoms with Crippen molar-refractivity contribution in [2.75, 3.05) is 0 Å². The molecule has 1 atom stereocenters. The van der Waals surface area contributed by atoms with Crippen LogP contribution in [0.1, 0.15) is 17.2 Å². The highest BCUT2D eigenvalue weighted by atomic mass is 35.5. The second-order valence-corrected chi connectivity index (χ2v) is 4.39. The molecule has 1 aromatic heterocycles. The summed E-state index contributed by atoms with van der Waals surface area (Å²) in [6.07, 6.45) is 1.54. The molecule has 2 aromatic rings. The molecular weight excluding hydrogens is 255 g/mol. The lowest BCUT2D eigenvalue weighted by atomic mass is 9.97. The number of nitriles is 1. The van der Waals surface area contributed by atoms with E-state index in [9.17, 15) is 5.26 Å². The molecule has 0 N–H and O–H groups in total. The van der Waals surface area contributed by atoms with Crippen molar-refractivity contribution >= 4 is 23.2 Å². The topological polar surface area (TPSA) is 36.7 Å². The van der Waals surface area contributed by atoms with Crippen LogP contribution < -0.4 is 0 Å². The molecule has 0 saturated heterocycles. The number of rotatable bonds is 2. The Balaban J connectivity index is 2.37. The van der Waals surface area contributed by atoms with E-state index < -0.39 is 5.92 Å². The Labute approximate surface area is 109 Å². The Morgan fingerprint density at radius 1 is 1.00 bits per heavy atom. The first-order valence-electron chi connectivity index (χ1n) is 4.97. The summed E-state index contributed by atoms with van der Waals surface area (Å²) < 4.78 is 0. The van der Waals surface area contributed by atoms with Crippen LogP contribution in [-0.2, 0) is 0 Å². The molecular formula is C13H8Cl2N2. The third-order valence-corrected chi connectivity index (χ3v) is 2.85. The van der Waals surface area contributed by atoms with Crippen LogP contribution in [0.4, 0.5) is 0 Å². The number of pyridine rings is 1. The highest BCUT2D eigenvalue weighted by Gasteiger charge is 2.14. The van der Waals surface area contributed by atoms with Gasteiger partial charge in [-0.3, -0.25) is 4.98 Å². The highest BCUT2D eigenvalue weighted by Crippen LogP contribution is 2.24. The third kappa shape index (κ3) is 2.76. The molecule has 2 rings (SSSR count). The standard InChI is InChI=1S/C13H8Cl2N2/c14-10-3-1-9(2-4-10)12(7-16)13-6-5-11(15)8-17-13/h1-6,8,12H/t12-/m0/s1. The molecule has 2 nitrogen and oxygen atoms in total. The number of nitrogens with zero attached hydrogens (tertiary/aromatic N) is 2. The quantitative estimate of drug-likeness (QED) is 0.819. The molecule has 0 amide bonds. The van der Waals surface area contributed by atoms with Gasteiger partial charge in [0, 0.05) is 11.2 Å². The molecule has 0 radical (unpaired) electrons. The fourth-order valence-electron chi connectivity index (χ4n) is 1.52. The average Bonchev–Trinajstić information content (AvgIpc) is 2.35. The van der Waals surface area contributed by atoms with Gasteiger partial charge in [-0.2, -0.15) is 5.26 Å². The van der Waals surface area contributed by atoms with Crippen LogP contribution in [-0.4, -0.2) is 4.98 Å². The van der Waals surface area contributed by atoms with Gasteiger partial charge in [-0.05, 0) is 29.8 Å². The summed E-state index contributed by atoms with van der Waals surface area (Å²) in [4.78, 5) is 4.16. The molecule has 0 unspecified atom stereocenters. The summed E-state index contributed by atoms with van der Waals surface area (Å²) in [6.45, 7) is 0. The zero-order valence-corrected chi connectivity index (χ0v) is 10.3. The van der Waals surface area contributed by atoms with Gasteiger partial charge in [-0.25, -0.2) is 0 Å². The summed E-state index contributed by atoms with van der Waals surface area (Å²) in [5.74, 6) is -0.399. The van der Waals surface area contributed by atoms with E-state index in [0.29, 0.717) is 15.7 Å². The monoisotopic (exact) mass is 262 g/mol. The molecule has 0 saturated carbocycles. The summed E-state index contributed by atoms with van der Waals surface area (Å²) >= 11 is 11.6. The number of hydrogen-bond acceptors (Lipinski definition) is 2. The molecule has 0 fully saturated rings. The Bertz CT molecular complexity index is 496. The molecule has 0 spiro atoms. The largest absolute Gasteiger partial charge is 0.258 e. The lowest BCUT2D eigenvalue weighted by molar-refractivity contribution is 0.966. The minimum Gasteiger partial charge on any atom is -0.258 e. The van der Waals surface area contributed by atoms with Crippen molar-refractivity contribution in [3.8, 4) is 6.07 Å². The van der Waals surface area contributed by atoms with Crippen LogP contribution in [0.15, 0.2) is 42.6 Å². The van der Waals surface area contributed by atoms with Crippen LogP contribution in [0.25, 0.3) is 0 Å². The van der Waals surface area contributed by atoms with Gasteiger partial charge in [0.05, 0.1) is 16.8 Å². The maximum absolute atomic E-state index is 9.22. The first-order chi connectivity index (χ1) is 8.20. The van der Waals surface area contributed by atoms with Crippen LogP contribution in [0.5, 0.6) is 0 Å². The molecule has 1 heterocycles. The average molecular weight is 263 g/mol. The fraction of sp³-hybridized carbons (Fsp3) is 0.0769. The van der Waals surface area contributed by atoms with E-state index >= 15 is 0 Å². The van der Waals surface area contributed by atoms with Crippen molar-refractivity contribution in [2.45, 2.75) is 5.92 Å². The molecule has 0 bridgehead atoms. The van der Waals surface area contributed by atoms with Crippen molar-refractivity contribution in [1.29, 1.82) is 5.26 Å². The van der Waals surface area contributed by atoms with Crippen molar-refractivity contribution in [3.63, 3.8) is 0 Å². The maximum Gasteiger partial charge on any atom is 0.113 e. The summed E-state index contributed by atoms with van der Waals surface area (Å²) in [6, 6.07) is 12.9. The molecule has 4 heteroatoms. The summed E-state index contributed by atoms with van der Waals surface area (Å²) in [5.41, 5.74) is 1.55. The van der Waals surface area contributed by atoms with Gasteiger partial charge < -0.3 is 0 Å². The van der Waals surface area contributed by atoms with Gasteiger partial charge in [-0.1, -0.05) is 35.3 Å². The van der Waals surface area contributed by atoms with Crippen LogP contribution >= 0.6 is 23.2 Å². The molecule has 0 aliphatic carbocycles. The Morgan fingerprint density at radius 2 is 1.65 bits per heavy atom. The van der Waals surface area contributed by atoms with Gasteiger partial charge in [0.15, 0.2) is 0 Å². The van der Waals surface area contributed by atoms with E-state index in [1.807, 2.05) is 12.1 Å². The van der Waals surface area contributed by atoms with E-state index in [0.717, 1.165) is 5.56 Å². The molecule has 17 heavy (non-hydrogen) atoms. The normalized spacial score (nSPS) is 11.8. The number of hydrogen-bond donors (Lipinski definition) is 0. The van der Waals surface area contributed by atoms with Gasteiger partial charge in [-0.15, -0.1) is 0 Å². The number of aromatic nitrogens is 1. The number of halogens is 2. The van der Waals surface area contributed by atoms with E-state index in [2.05, 4.69) is 11.1 Å². The smallest absolute Gasteiger partial charge is 0.113 e. The fourth-order valence-corrected chi connectivity index (χ4v) is 1.76. The minimum absolute atomic E-state index is 0.399. The van der Waals surface area contributed by atoms with Crippen molar-refractivity contribution in [1.82, 2.24) is 4.98 Å². The molecule has 84 valence electrons. The van der Waals surface area contributed by atoms with Gasteiger partial charge in [0.1, 0.15) is 5.92 Å². The van der Waals surface area contributed by atoms with E-state index in [4.69, 9.17) is 23.2 Å². The lowest BCUT2D eigenvalue weighted by Gasteiger charge is -2.08. The summed E-state index contributed by atoms with van der Waals surface area (Å²) in [7, 11) is 0. The van der Waals surface area contributed by atoms with Crippen LogP contribution in [0, 0.1) is 11.3 Å². The molecule has 0 aliphatic rings. The maximum atomic E-state index is 9.22. The van der Waals surface area contributed by atoms with Crippen molar-refractivity contribution in [3.05, 3.63) is 63.9 Å². The first-order valence-corrected chi connectivity index (χ1v) is 5.73. The van der Waals surface area contributed by atoms with E-state index in [1.165, 1.54) is 6.20 Å². The van der Waals surface area contributed by atoms with Crippen LogP contribution in [0.3, 0.4) is 0 Å². The van der Waals surface area contributed by atoms with Gasteiger partial charge in [0.2, 0.25) is 0 Å². The zero-order valence-electron chi connectivity index (χ0n) is 8.77. The Hall–Kier alpha value is -1.56. The minimum atomic E-state index is -0.399. The van der Waals surface area contributed by atoms with Crippen molar-refractivity contribution < 1.29 is 0 Å². The second kappa shape index (κ2) is 5.18. The van der Waals surface area contributed by atoms with Crippen LogP contribution in [0.2, 0.25) is 10.0 Å². The number of benzene rings is 1. The predicted octanol–water partition coefficient (Wildman–Crippen LogP) is 4.04. The van der Waals surface area contributed by atoms with E-state index in [-0.39, 0.29) is 0 Å². The molecule has 1 aromatic carbocycles. The van der Waals surface area contributed by atoms with Gasteiger partial charge in [0.25, 0.3) is 0 Å². The Kier molecular flexibility index (Phi) is 3.63. The Morgan fingerprint density at radius 3 is 2.18 bits per heavy atom. The SMILES string of the molecule is N#C[C@@H](c1ccc(Cl)cc1)c1ccc(Cl)cn1. The zero-order chi connectivity index (χ0) is 12.3. The van der Waals surface area contributed by atoms with Gasteiger partial charge >= 0.3 is 0 Å². The predicted molar refractivity (Wildman–Crippen MR) is 68.2 cm³/mol.